The Morgan fingerprint density at radius 1 is 1.57 bits per heavy atom. The molecule has 5 heteroatoms. The summed E-state index contributed by atoms with van der Waals surface area (Å²) < 4.78 is 9.87. The predicted octanol–water partition coefficient (Wildman–Crippen LogP) is 1.53. The van der Waals surface area contributed by atoms with E-state index in [1.165, 1.54) is 25.4 Å². The van der Waals surface area contributed by atoms with Crippen LogP contribution in [0, 0.1) is 0 Å². The molecule has 0 radical (unpaired) electrons. The molecule has 0 fully saturated rings. The van der Waals surface area contributed by atoms with Crippen molar-refractivity contribution >= 4 is 16.9 Å². The molecule has 0 bridgehead atoms. The highest BCUT2D eigenvalue weighted by atomic mass is 16.5. The van der Waals surface area contributed by atoms with Crippen LogP contribution in [0.4, 0.5) is 0 Å². The monoisotopic (exact) mass is 193 g/mol. The van der Waals surface area contributed by atoms with Crippen molar-refractivity contribution in [3.8, 4) is 5.75 Å². The second-order valence-corrected chi connectivity index (χ2v) is 2.72. The molecule has 1 aromatic heterocycles. The van der Waals surface area contributed by atoms with Gasteiger partial charge in [-0.25, -0.2) is 4.79 Å². The summed E-state index contributed by atoms with van der Waals surface area (Å²) in [5.74, 6) is -0.581. The summed E-state index contributed by atoms with van der Waals surface area (Å²) in [7, 11) is 1.47. The van der Waals surface area contributed by atoms with Gasteiger partial charge in [0.1, 0.15) is 5.75 Å². The fourth-order valence-electron chi connectivity index (χ4n) is 1.23. The second-order valence-electron chi connectivity index (χ2n) is 2.72. The fourth-order valence-corrected chi connectivity index (χ4v) is 1.23. The van der Waals surface area contributed by atoms with Gasteiger partial charge < -0.3 is 14.4 Å². The van der Waals surface area contributed by atoms with Gasteiger partial charge >= 0.3 is 5.97 Å². The Bertz CT molecular complexity index is 489. The Balaban J connectivity index is 2.73. The number of ether oxygens (including phenoxy) is 1. The van der Waals surface area contributed by atoms with Crippen LogP contribution in [-0.4, -0.2) is 23.3 Å². The maximum absolute atomic E-state index is 10.7. The Morgan fingerprint density at radius 3 is 3.00 bits per heavy atom. The van der Waals surface area contributed by atoms with E-state index < -0.39 is 5.97 Å². The molecular weight excluding hydrogens is 186 g/mol. The van der Waals surface area contributed by atoms with E-state index in [1.54, 1.807) is 0 Å². The van der Waals surface area contributed by atoms with E-state index in [4.69, 9.17) is 14.4 Å². The van der Waals surface area contributed by atoms with E-state index in [0.717, 1.165) is 0 Å². The number of hydrogen-bond donors (Lipinski definition) is 1. The number of methoxy groups -OCH3 is 1. The molecule has 0 spiro atoms. The minimum atomic E-state index is -1.03. The Kier molecular flexibility index (Phi) is 1.85. The Morgan fingerprint density at radius 2 is 2.36 bits per heavy atom. The molecular formula is C9H7NO4. The zero-order chi connectivity index (χ0) is 10.1. The van der Waals surface area contributed by atoms with E-state index >= 15 is 0 Å². The van der Waals surface area contributed by atoms with Gasteiger partial charge in [0.25, 0.3) is 0 Å². The molecule has 0 saturated heterocycles. The lowest BCUT2D eigenvalue weighted by Crippen LogP contribution is -1.96. The summed E-state index contributed by atoms with van der Waals surface area (Å²) in [5.41, 5.74) is 0.521. The molecule has 2 rings (SSSR count). The van der Waals surface area contributed by atoms with Crippen LogP contribution >= 0.6 is 0 Å². The van der Waals surface area contributed by atoms with Crippen LogP contribution in [0.25, 0.3) is 11.0 Å². The molecule has 0 unspecified atom stereocenters. The van der Waals surface area contributed by atoms with Gasteiger partial charge in [0.2, 0.25) is 0 Å². The average molecular weight is 193 g/mol. The summed E-state index contributed by atoms with van der Waals surface area (Å²) in [6.07, 6.45) is 1.49. The number of fused-ring (bicyclic) bond motifs is 1. The topological polar surface area (TPSA) is 72.6 Å². The van der Waals surface area contributed by atoms with Crippen molar-refractivity contribution in [2.75, 3.05) is 7.11 Å². The summed E-state index contributed by atoms with van der Waals surface area (Å²) in [4.78, 5) is 10.7. The van der Waals surface area contributed by atoms with E-state index in [0.29, 0.717) is 16.7 Å². The lowest BCUT2D eigenvalue weighted by atomic mass is 10.1. The molecule has 72 valence electrons. The highest BCUT2D eigenvalue weighted by molar-refractivity contribution is 5.95. The maximum atomic E-state index is 10.7. The number of carbonyl (C=O) groups is 1. The zero-order valence-electron chi connectivity index (χ0n) is 7.35. The molecule has 14 heavy (non-hydrogen) atoms. The summed E-state index contributed by atoms with van der Waals surface area (Å²) in [5, 5.41) is 13.0. The van der Waals surface area contributed by atoms with Crippen LogP contribution in [0.3, 0.4) is 0 Å². The van der Waals surface area contributed by atoms with Gasteiger partial charge in [-0.2, -0.15) is 0 Å². The van der Waals surface area contributed by atoms with Gasteiger partial charge in [-0.1, -0.05) is 5.16 Å². The molecule has 0 aliphatic rings. The van der Waals surface area contributed by atoms with Crippen LogP contribution in [0.5, 0.6) is 5.75 Å². The quantitative estimate of drug-likeness (QED) is 0.782. The zero-order valence-corrected chi connectivity index (χ0v) is 7.35. The summed E-state index contributed by atoms with van der Waals surface area (Å²) in [6.45, 7) is 0. The maximum Gasteiger partial charge on any atom is 0.335 e. The van der Waals surface area contributed by atoms with Gasteiger partial charge in [-0.3, -0.25) is 0 Å². The van der Waals surface area contributed by atoms with Crippen LogP contribution < -0.4 is 4.74 Å². The molecule has 0 saturated carbocycles. The minimum absolute atomic E-state index is 0.117. The van der Waals surface area contributed by atoms with E-state index in [2.05, 4.69) is 5.16 Å². The van der Waals surface area contributed by atoms with Gasteiger partial charge in [-0.15, -0.1) is 0 Å². The summed E-state index contributed by atoms with van der Waals surface area (Å²) >= 11 is 0. The first-order valence-electron chi connectivity index (χ1n) is 3.88. The average Bonchev–Trinajstić information content (AvgIpc) is 2.63. The molecule has 1 heterocycles. The number of carboxylic acids is 1. The van der Waals surface area contributed by atoms with Crippen molar-refractivity contribution in [1.82, 2.24) is 5.16 Å². The van der Waals surface area contributed by atoms with Gasteiger partial charge in [0.05, 0.1) is 24.3 Å². The van der Waals surface area contributed by atoms with Gasteiger partial charge in [-0.05, 0) is 12.1 Å². The van der Waals surface area contributed by atoms with Crippen molar-refractivity contribution in [3.63, 3.8) is 0 Å². The first-order chi connectivity index (χ1) is 6.72. The van der Waals surface area contributed by atoms with Crippen LogP contribution in [0.15, 0.2) is 22.9 Å². The van der Waals surface area contributed by atoms with Crippen LogP contribution in [0.1, 0.15) is 10.4 Å². The van der Waals surface area contributed by atoms with E-state index in [1.807, 2.05) is 0 Å². The van der Waals surface area contributed by atoms with Crippen molar-refractivity contribution < 1.29 is 19.2 Å². The third-order valence-corrected chi connectivity index (χ3v) is 1.90. The number of rotatable bonds is 2. The smallest absolute Gasteiger partial charge is 0.335 e. The molecule has 0 atom stereocenters. The minimum Gasteiger partial charge on any atom is -0.496 e. The molecule has 0 amide bonds. The highest BCUT2D eigenvalue weighted by Crippen LogP contribution is 2.26. The number of benzene rings is 1. The third-order valence-electron chi connectivity index (χ3n) is 1.90. The number of aromatic carboxylic acids is 1. The normalized spacial score (nSPS) is 10.4. The van der Waals surface area contributed by atoms with Gasteiger partial charge in [0.15, 0.2) is 5.58 Å². The highest BCUT2D eigenvalue weighted by Gasteiger charge is 2.11. The molecule has 0 aliphatic heterocycles. The number of nitrogens with zero attached hydrogens (tertiary/aromatic N) is 1. The predicted molar refractivity (Wildman–Crippen MR) is 47.5 cm³/mol. The van der Waals surface area contributed by atoms with Crippen LogP contribution in [0.2, 0.25) is 0 Å². The van der Waals surface area contributed by atoms with E-state index in [9.17, 15) is 4.79 Å². The van der Waals surface area contributed by atoms with Crippen molar-refractivity contribution in [2.24, 2.45) is 0 Å². The largest absolute Gasteiger partial charge is 0.496 e. The molecule has 5 nitrogen and oxygen atoms in total. The Labute approximate surface area is 78.9 Å². The van der Waals surface area contributed by atoms with Crippen molar-refractivity contribution in [3.05, 3.63) is 23.9 Å². The summed E-state index contributed by atoms with van der Waals surface area (Å²) in [6, 6.07) is 2.84. The van der Waals surface area contributed by atoms with Crippen molar-refractivity contribution in [1.29, 1.82) is 0 Å². The molecule has 1 aromatic carbocycles. The molecule has 0 aliphatic carbocycles. The van der Waals surface area contributed by atoms with Crippen LogP contribution in [-0.2, 0) is 0 Å². The first-order valence-corrected chi connectivity index (χ1v) is 3.88. The number of carboxylic acid groups (broad SMARTS) is 1. The number of aromatic nitrogens is 1. The third kappa shape index (κ3) is 1.19. The standard InChI is InChI=1S/C9H7NO4/c1-13-7-2-5(9(11)12)3-8-6(7)4-10-14-8/h2-4H,1H3,(H,11,12). The van der Waals surface area contributed by atoms with Crippen molar-refractivity contribution in [2.45, 2.75) is 0 Å². The fraction of sp³-hybridized carbons (Fsp3) is 0.111. The van der Waals surface area contributed by atoms with E-state index in [-0.39, 0.29) is 5.56 Å². The first kappa shape index (κ1) is 8.55. The number of hydrogen-bond acceptors (Lipinski definition) is 4. The SMILES string of the molecule is COc1cc(C(=O)O)cc2oncc12. The lowest BCUT2D eigenvalue weighted by Gasteiger charge is -2.01. The Hall–Kier alpha value is -2.04. The molecule has 1 N–H and O–H groups in total. The second kappa shape index (κ2) is 3.02. The van der Waals surface area contributed by atoms with Gasteiger partial charge in [0, 0.05) is 0 Å². The molecule has 2 aromatic rings. The lowest BCUT2D eigenvalue weighted by molar-refractivity contribution is 0.0696.